The van der Waals surface area contributed by atoms with Crippen molar-refractivity contribution < 1.29 is 8.42 Å². The van der Waals surface area contributed by atoms with E-state index in [1.54, 1.807) is 12.5 Å². The largest absolute Gasteiger partial charge is 0.336 e. The van der Waals surface area contributed by atoms with Crippen molar-refractivity contribution in [3.8, 4) is 0 Å². The molecule has 2 N–H and O–H groups in total. The zero-order valence-electron chi connectivity index (χ0n) is 11.2. The van der Waals surface area contributed by atoms with Crippen LogP contribution in [0, 0.1) is 0 Å². The molecular formula is C12H22N4O2S. The Morgan fingerprint density at radius 3 is 3.00 bits per heavy atom. The lowest BCUT2D eigenvalue weighted by Crippen LogP contribution is -2.45. The number of aromatic nitrogens is 2. The van der Waals surface area contributed by atoms with Gasteiger partial charge >= 0.3 is 0 Å². The highest BCUT2D eigenvalue weighted by Gasteiger charge is 2.22. The minimum Gasteiger partial charge on any atom is -0.336 e. The zero-order chi connectivity index (χ0) is 13.7. The van der Waals surface area contributed by atoms with Crippen LogP contribution < -0.4 is 10.0 Å². The molecule has 1 aromatic rings. The summed E-state index contributed by atoms with van der Waals surface area (Å²) >= 11 is 0. The van der Waals surface area contributed by atoms with Crippen LogP contribution in [0.1, 0.15) is 26.2 Å². The first-order valence-corrected chi connectivity index (χ1v) is 8.39. The summed E-state index contributed by atoms with van der Waals surface area (Å²) in [5.74, 6) is 0.168. The predicted molar refractivity (Wildman–Crippen MR) is 74.3 cm³/mol. The normalized spacial score (nSPS) is 22.3. The van der Waals surface area contributed by atoms with Gasteiger partial charge in [0.15, 0.2) is 0 Å². The Labute approximate surface area is 114 Å². The van der Waals surface area contributed by atoms with Gasteiger partial charge in [0.05, 0.1) is 12.1 Å². The molecule has 2 rings (SSSR count). The molecule has 108 valence electrons. The molecule has 0 saturated carbocycles. The van der Waals surface area contributed by atoms with Crippen LogP contribution in [0.25, 0.3) is 0 Å². The third-order valence-corrected chi connectivity index (χ3v) is 4.86. The Bertz CT molecular complexity index is 466. The van der Waals surface area contributed by atoms with Gasteiger partial charge in [0, 0.05) is 31.0 Å². The van der Waals surface area contributed by atoms with E-state index in [-0.39, 0.29) is 17.8 Å². The zero-order valence-corrected chi connectivity index (χ0v) is 12.1. The lowest BCUT2D eigenvalue weighted by atomic mass is 10.1. The molecule has 0 amide bonds. The van der Waals surface area contributed by atoms with Crippen LogP contribution in [0.4, 0.5) is 0 Å². The van der Waals surface area contributed by atoms with Gasteiger partial charge < -0.3 is 9.88 Å². The number of rotatable bonds is 6. The first-order chi connectivity index (χ1) is 9.05. The molecule has 0 aromatic carbocycles. The Balaban J connectivity index is 1.82. The van der Waals surface area contributed by atoms with Crippen LogP contribution in [-0.4, -0.2) is 42.4 Å². The van der Waals surface area contributed by atoms with Gasteiger partial charge in [-0.25, -0.2) is 18.1 Å². The number of nitrogens with zero attached hydrogens (tertiary/aromatic N) is 2. The van der Waals surface area contributed by atoms with Crippen molar-refractivity contribution in [3.63, 3.8) is 0 Å². The van der Waals surface area contributed by atoms with Gasteiger partial charge in [-0.05, 0) is 26.3 Å². The van der Waals surface area contributed by atoms with Crippen LogP contribution in [0.3, 0.4) is 0 Å². The average Bonchev–Trinajstić information content (AvgIpc) is 2.81. The quantitative estimate of drug-likeness (QED) is 0.790. The van der Waals surface area contributed by atoms with Crippen molar-refractivity contribution in [2.24, 2.45) is 0 Å². The summed E-state index contributed by atoms with van der Waals surface area (Å²) in [6.07, 6.45) is 8.39. The van der Waals surface area contributed by atoms with E-state index in [2.05, 4.69) is 15.0 Å². The summed E-state index contributed by atoms with van der Waals surface area (Å²) in [4.78, 5) is 3.94. The Morgan fingerprint density at radius 1 is 1.53 bits per heavy atom. The highest BCUT2D eigenvalue weighted by molar-refractivity contribution is 7.89. The van der Waals surface area contributed by atoms with Gasteiger partial charge in [-0.2, -0.15) is 0 Å². The second-order valence-corrected chi connectivity index (χ2v) is 7.01. The van der Waals surface area contributed by atoms with Crippen molar-refractivity contribution >= 4 is 10.0 Å². The van der Waals surface area contributed by atoms with Gasteiger partial charge in [-0.3, -0.25) is 0 Å². The van der Waals surface area contributed by atoms with E-state index < -0.39 is 10.0 Å². The molecule has 19 heavy (non-hydrogen) atoms. The smallest absolute Gasteiger partial charge is 0.213 e. The van der Waals surface area contributed by atoms with E-state index in [0.717, 1.165) is 25.8 Å². The summed E-state index contributed by atoms with van der Waals surface area (Å²) in [7, 11) is -3.23. The van der Waals surface area contributed by atoms with Gasteiger partial charge in [0.2, 0.25) is 10.0 Å². The van der Waals surface area contributed by atoms with Crippen molar-refractivity contribution in [1.29, 1.82) is 0 Å². The van der Waals surface area contributed by atoms with Crippen LogP contribution in [0.2, 0.25) is 0 Å². The van der Waals surface area contributed by atoms with E-state index in [1.165, 1.54) is 0 Å². The highest BCUT2D eigenvalue weighted by atomic mass is 32.2. The fourth-order valence-corrected chi connectivity index (χ4v) is 4.03. The van der Waals surface area contributed by atoms with E-state index in [9.17, 15) is 8.42 Å². The molecule has 0 spiro atoms. The van der Waals surface area contributed by atoms with E-state index in [4.69, 9.17) is 0 Å². The third-order valence-electron chi connectivity index (χ3n) is 3.26. The SMILES string of the molecule is CC(Cn1ccnc1)NS(=O)(=O)CC1CCCCN1. The standard InChI is InChI=1S/C12H22N4O2S/c1-11(8-16-7-6-13-10-16)15-19(17,18)9-12-4-2-3-5-14-12/h6-7,10-12,14-15H,2-5,8-9H2,1H3. The van der Waals surface area contributed by atoms with Gasteiger partial charge in [0.25, 0.3) is 0 Å². The van der Waals surface area contributed by atoms with E-state index in [1.807, 2.05) is 17.7 Å². The number of hydrogen-bond donors (Lipinski definition) is 2. The first-order valence-electron chi connectivity index (χ1n) is 6.74. The molecule has 6 nitrogen and oxygen atoms in total. The number of sulfonamides is 1. The third kappa shape index (κ3) is 4.93. The molecule has 1 aliphatic heterocycles. The maximum absolute atomic E-state index is 12.1. The summed E-state index contributed by atoms with van der Waals surface area (Å²) in [6.45, 7) is 3.38. The van der Waals surface area contributed by atoms with Crippen LogP contribution >= 0.6 is 0 Å². The lowest BCUT2D eigenvalue weighted by Gasteiger charge is -2.24. The first kappa shape index (κ1) is 14.5. The Hall–Kier alpha value is -0.920. The van der Waals surface area contributed by atoms with Crippen LogP contribution in [-0.2, 0) is 16.6 Å². The fourth-order valence-electron chi connectivity index (χ4n) is 2.43. The maximum Gasteiger partial charge on any atom is 0.213 e. The van der Waals surface area contributed by atoms with Crippen molar-refractivity contribution in [3.05, 3.63) is 18.7 Å². The molecule has 0 aliphatic carbocycles. The molecule has 2 heterocycles. The van der Waals surface area contributed by atoms with Crippen LogP contribution in [0.15, 0.2) is 18.7 Å². The second kappa shape index (κ2) is 6.49. The van der Waals surface area contributed by atoms with Crippen molar-refractivity contribution in [1.82, 2.24) is 19.6 Å². The minimum absolute atomic E-state index is 0.0895. The maximum atomic E-state index is 12.1. The van der Waals surface area contributed by atoms with Gasteiger partial charge in [0.1, 0.15) is 0 Å². The number of hydrogen-bond acceptors (Lipinski definition) is 4. The summed E-state index contributed by atoms with van der Waals surface area (Å²) in [5, 5.41) is 3.26. The Morgan fingerprint density at radius 2 is 2.37 bits per heavy atom. The molecule has 0 bridgehead atoms. The minimum atomic E-state index is -3.23. The van der Waals surface area contributed by atoms with Gasteiger partial charge in [-0.1, -0.05) is 6.42 Å². The second-order valence-electron chi connectivity index (χ2n) is 5.21. The average molecular weight is 286 g/mol. The fraction of sp³-hybridized carbons (Fsp3) is 0.750. The summed E-state index contributed by atoms with van der Waals surface area (Å²) in [6, 6.07) is -0.0468. The topological polar surface area (TPSA) is 76.0 Å². The van der Waals surface area contributed by atoms with Crippen molar-refractivity contribution in [2.75, 3.05) is 12.3 Å². The molecule has 7 heteroatoms. The molecule has 2 atom stereocenters. The molecule has 2 unspecified atom stereocenters. The summed E-state index contributed by atoms with van der Waals surface area (Å²) < 4.78 is 28.7. The monoisotopic (exact) mass is 286 g/mol. The number of imidazole rings is 1. The van der Waals surface area contributed by atoms with E-state index >= 15 is 0 Å². The molecule has 0 radical (unpaired) electrons. The predicted octanol–water partition coefficient (Wildman–Crippen LogP) is 0.333. The molecule has 1 aliphatic rings. The lowest BCUT2D eigenvalue weighted by molar-refractivity contribution is 0.420. The molecule has 1 saturated heterocycles. The van der Waals surface area contributed by atoms with E-state index in [0.29, 0.717) is 6.54 Å². The summed E-state index contributed by atoms with van der Waals surface area (Å²) in [5.41, 5.74) is 0. The number of nitrogens with one attached hydrogen (secondary N) is 2. The highest BCUT2D eigenvalue weighted by Crippen LogP contribution is 2.09. The molecule has 1 fully saturated rings. The number of piperidine rings is 1. The Kier molecular flexibility index (Phi) is 4.95. The van der Waals surface area contributed by atoms with Crippen molar-refractivity contribution in [2.45, 2.75) is 44.8 Å². The van der Waals surface area contributed by atoms with Gasteiger partial charge in [-0.15, -0.1) is 0 Å². The molecular weight excluding hydrogens is 264 g/mol. The van der Waals surface area contributed by atoms with Crippen LogP contribution in [0.5, 0.6) is 0 Å². The molecule has 1 aromatic heterocycles.